The first-order valence-electron chi connectivity index (χ1n) is 10.7. The lowest BCUT2D eigenvalue weighted by atomic mass is 9.86. The van der Waals surface area contributed by atoms with Crippen molar-refractivity contribution < 1.29 is 18.0 Å². The van der Waals surface area contributed by atoms with Crippen LogP contribution in [0.25, 0.3) is 16.9 Å². The third kappa shape index (κ3) is 4.49. The fraction of sp³-hybridized carbons (Fsp3) is 0.409. The molecule has 2 saturated heterocycles. The summed E-state index contributed by atoms with van der Waals surface area (Å²) in [6.45, 7) is 1.77. The van der Waals surface area contributed by atoms with Gasteiger partial charge in [-0.05, 0) is 49.9 Å². The molecule has 0 N–H and O–H groups in total. The van der Waals surface area contributed by atoms with Gasteiger partial charge in [-0.1, -0.05) is 0 Å². The van der Waals surface area contributed by atoms with Crippen LogP contribution in [0.15, 0.2) is 35.0 Å². The van der Waals surface area contributed by atoms with Crippen LogP contribution in [0, 0.1) is 6.92 Å². The van der Waals surface area contributed by atoms with E-state index in [4.69, 9.17) is 4.42 Å². The standard InChI is InChI=1S/C22H20F2N6O2.3H2S/c1-11-27-15-6-2-12(8-19(15)32-11)21(31)29-13-3-5-14(17(29)7-4-13)18-9-16(20(23)24)28-22-25-10-26-30(18)22;;;/h2,6,8-10,13-14,17,20H,3-5,7H2,1H3;3*1H2/t13-,14-,17-;;;/m0.../s1. The molecule has 2 bridgehead atoms. The van der Waals surface area contributed by atoms with Crippen molar-refractivity contribution in [2.24, 2.45) is 0 Å². The van der Waals surface area contributed by atoms with Crippen LogP contribution in [-0.2, 0) is 0 Å². The molecule has 35 heavy (non-hydrogen) atoms. The zero-order valence-electron chi connectivity index (χ0n) is 18.8. The Balaban J connectivity index is 0.00000114. The van der Waals surface area contributed by atoms with E-state index in [1.165, 1.54) is 16.9 Å². The number of alkyl halides is 2. The molecule has 3 atom stereocenters. The number of aromatic nitrogens is 5. The summed E-state index contributed by atoms with van der Waals surface area (Å²) < 4.78 is 34.1. The van der Waals surface area contributed by atoms with E-state index < -0.39 is 6.43 Å². The van der Waals surface area contributed by atoms with Crippen LogP contribution in [0.4, 0.5) is 8.78 Å². The second-order valence-corrected chi connectivity index (χ2v) is 8.49. The number of carbonyl (C=O) groups excluding carboxylic acids is 1. The highest BCUT2D eigenvalue weighted by atomic mass is 32.1. The fourth-order valence-electron chi connectivity index (χ4n) is 5.37. The zero-order chi connectivity index (χ0) is 22.0. The van der Waals surface area contributed by atoms with Crippen LogP contribution >= 0.6 is 40.5 Å². The van der Waals surface area contributed by atoms with Gasteiger partial charge in [0.15, 0.2) is 11.5 Å². The summed E-state index contributed by atoms with van der Waals surface area (Å²) in [5.41, 5.74) is 2.15. The van der Waals surface area contributed by atoms with Gasteiger partial charge in [0.1, 0.15) is 17.5 Å². The maximum absolute atomic E-state index is 13.6. The predicted octanol–water partition coefficient (Wildman–Crippen LogP) is 4.40. The third-order valence-electron chi connectivity index (χ3n) is 6.70. The zero-order valence-corrected chi connectivity index (χ0v) is 21.8. The van der Waals surface area contributed by atoms with Gasteiger partial charge >= 0.3 is 0 Å². The van der Waals surface area contributed by atoms with Crippen molar-refractivity contribution in [3.05, 3.63) is 53.4 Å². The maximum Gasteiger partial charge on any atom is 0.280 e. The topological polar surface area (TPSA) is 89.4 Å². The van der Waals surface area contributed by atoms with Gasteiger partial charge in [0.2, 0.25) is 0 Å². The van der Waals surface area contributed by atoms with Crippen molar-refractivity contribution in [1.29, 1.82) is 0 Å². The van der Waals surface area contributed by atoms with E-state index in [2.05, 4.69) is 20.1 Å². The molecule has 1 aromatic carbocycles. The molecule has 0 saturated carbocycles. The summed E-state index contributed by atoms with van der Waals surface area (Å²) in [5, 5.41) is 4.22. The number of oxazole rings is 1. The fourth-order valence-corrected chi connectivity index (χ4v) is 5.37. The van der Waals surface area contributed by atoms with E-state index in [1.54, 1.807) is 25.1 Å². The highest BCUT2D eigenvalue weighted by molar-refractivity contribution is 7.59. The van der Waals surface area contributed by atoms with E-state index in [0.717, 1.165) is 25.7 Å². The monoisotopic (exact) mass is 540 g/mol. The van der Waals surface area contributed by atoms with Crippen LogP contribution in [0.1, 0.15) is 65.7 Å². The molecule has 3 aromatic heterocycles. The van der Waals surface area contributed by atoms with Crippen molar-refractivity contribution in [3.63, 3.8) is 0 Å². The maximum atomic E-state index is 13.6. The number of aryl methyl sites for hydroxylation is 1. The van der Waals surface area contributed by atoms with Gasteiger partial charge in [0.25, 0.3) is 18.1 Å². The van der Waals surface area contributed by atoms with E-state index >= 15 is 0 Å². The van der Waals surface area contributed by atoms with Crippen molar-refractivity contribution >= 4 is 63.3 Å². The first kappa shape index (κ1) is 27.2. The number of amides is 1. The smallest absolute Gasteiger partial charge is 0.280 e. The summed E-state index contributed by atoms with van der Waals surface area (Å²) in [6.07, 6.45) is 1.92. The first-order chi connectivity index (χ1) is 15.5. The SMILES string of the molecule is Cc1nc2ccc(C(=O)N3[C@H]4CC[C@H](c5cc(C(F)F)nc6ncnn56)[C@@H]3CC4)cc2o1.S.S.S. The summed E-state index contributed by atoms with van der Waals surface area (Å²) >= 11 is 0. The van der Waals surface area contributed by atoms with Gasteiger partial charge in [-0.15, -0.1) is 0 Å². The molecule has 13 heteroatoms. The summed E-state index contributed by atoms with van der Waals surface area (Å²) in [5.74, 6) is 0.504. The van der Waals surface area contributed by atoms with Gasteiger partial charge in [-0.2, -0.15) is 50.6 Å². The van der Waals surface area contributed by atoms with Gasteiger partial charge in [-0.3, -0.25) is 4.79 Å². The highest BCUT2D eigenvalue weighted by Crippen LogP contribution is 2.45. The number of rotatable bonds is 3. The summed E-state index contributed by atoms with van der Waals surface area (Å²) in [6, 6.07) is 6.75. The number of halogens is 2. The molecule has 8 nitrogen and oxygen atoms in total. The van der Waals surface area contributed by atoms with Crippen LogP contribution in [0.5, 0.6) is 0 Å². The number of benzene rings is 1. The number of piperidine rings is 1. The normalized spacial score (nSPS) is 21.0. The van der Waals surface area contributed by atoms with Crippen molar-refractivity contribution in [2.45, 2.75) is 57.0 Å². The lowest BCUT2D eigenvalue weighted by Crippen LogP contribution is -2.47. The van der Waals surface area contributed by atoms with E-state index in [0.29, 0.717) is 28.2 Å². The van der Waals surface area contributed by atoms with Crippen molar-refractivity contribution in [2.75, 3.05) is 0 Å². The lowest BCUT2D eigenvalue weighted by Gasteiger charge is -2.40. The minimum atomic E-state index is -2.70. The Morgan fingerprint density at radius 1 is 1.09 bits per heavy atom. The summed E-state index contributed by atoms with van der Waals surface area (Å²) in [7, 11) is 0. The Morgan fingerprint density at radius 2 is 1.86 bits per heavy atom. The van der Waals surface area contributed by atoms with E-state index in [1.807, 2.05) is 4.90 Å². The third-order valence-corrected chi connectivity index (χ3v) is 6.70. The number of hydrogen-bond acceptors (Lipinski definition) is 6. The molecule has 0 radical (unpaired) electrons. The Hall–Kier alpha value is -2.38. The molecular formula is C22H26F2N6O2S3. The number of carbonyl (C=O) groups is 1. The molecule has 0 unspecified atom stereocenters. The van der Waals surface area contributed by atoms with Crippen LogP contribution in [-0.4, -0.2) is 47.5 Å². The first-order valence-corrected chi connectivity index (χ1v) is 10.7. The molecule has 0 aliphatic carbocycles. The second kappa shape index (κ2) is 10.3. The molecule has 6 rings (SSSR count). The van der Waals surface area contributed by atoms with Gasteiger partial charge in [0.05, 0.1) is 5.69 Å². The van der Waals surface area contributed by atoms with Crippen molar-refractivity contribution in [3.8, 4) is 0 Å². The summed E-state index contributed by atoms with van der Waals surface area (Å²) in [4.78, 5) is 27.7. The Kier molecular flexibility index (Phi) is 8.02. The van der Waals surface area contributed by atoms with Crippen LogP contribution in [0.3, 0.4) is 0 Å². The Bertz CT molecular complexity index is 1360. The Labute approximate surface area is 220 Å². The molecule has 2 aliphatic heterocycles. The Morgan fingerprint density at radius 3 is 2.63 bits per heavy atom. The quantitative estimate of drug-likeness (QED) is 0.383. The molecule has 2 fully saturated rings. The molecule has 5 heterocycles. The largest absolute Gasteiger partial charge is 0.441 e. The van der Waals surface area contributed by atoms with E-state index in [-0.39, 0.29) is 75.9 Å². The molecule has 0 spiro atoms. The molecule has 188 valence electrons. The van der Waals surface area contributed by atoms with Gasteiger partial charge in [-0.25, -0.2) is 23.3 Å². The molecule has 4 aromatic rings. The molecule has 1 amide bonds. The number of fused-ring (bicyclic) bond motifs is 4. The highest BCUT2D eigenvalue weighted by Gasteiger charge is 2.46. The number of hydrogen-bond donors (Lipinski definition) is 0. The second-order valence-electron chi connectivity index (χ2n) is 8.49. The molecule has 2 aliphatic rings. The van der Waals surface area contributed by atoms with Crippen LogP contribution < -0.4 is 0 Å². The average molecular weight is 541 g/mol. The number of nitrogens with zero attached hydrogens (tertiary/aromatic N) is 6. The van der Waals surface area contributed by atoms with E-state index in [9.17, 15) is 13.6 Å². The average Bonchev–Trinajstić information content (AvgIpc) is 3.47. The van der Waals surface area contributed by atoms with Crippen LogP contribution in [0.2, 0.25) is 0 Å². The minimum absolute atomic E-state index is 0. The van der Waals surface area contributed by atoms with Gasteiger partial charge in [0, 0.05) is 30.5 Å². The lowest BCUT2D eigenvalue weighted by molar-refractivity contribution is 0.0554. The van der Waals surface area contributed by atoms with Gasteiger partial charge < -0.3 is 9.32 Å². The predicted molar refractivity (Wildman–Crippen MR) is 141 cm³/mol. The minimum Gasteiger partial charge on any atom is -0.441 e. The van der Waals surface area contributed by atoms with Crippen molar-refractivity contribution in [1.82, 2.24) is 29.5 Å². The molecular weight excluding hydrogens is 514 g/mol.